The molecule has 2 heterocycles. The number of nitrogens with zero attached hydrogens (tertiary/aromatic N) is 1. The average molecular weight is 338 g/mol. The van der Waals surface area contributed by atoms with Crippen molar-refractivity contribution in [2.45, 2.75) is 25.8 Å². The van der Waals surface area contributed by atoms with Crippen LogP contribution in [0.4, 0.5) is 0 Å². The number of H-pyrrole nitrogens is 1. The van der Waals surface area contributed by atoms with Crippen molar-refractivity contribution >= 4 is 10.9 Å². The summed E-state index contributed by atoms with van der Waals surface area (Å²) in [7, 11) is 0. The lowest BCUT2D eigenvalue weighted by Gasteiger charge is -2.20. The molecular weight excluding hydrogens is 320 g/mol. The summed E-state index contributed by atoms with van der Waals surface area (Å²) in [5.41, 5.74) is 3.73. The van der Waals surface area contributed by atoms with Gasteiger partial charge in [-0.3, -0.25) is 10.1 Å². The number of nitrogens with one attached hydrogen (secondary N) is 1. The van der Waals surface area contributed by atoms with Crippen LogP contribution in [0.3, 0.4) is 0 Å². The third-order valence-electron chi connectivity index (χ3n) is 4.83. The molecule has 128 valence electrons. The first-order chi connectivity index (χ1) is 12.1. The zero-order valence-electron chi connectivity index (χ0n) is 14.0. The van der Waals surface area contributed by atoms with Gasteiger partial charge in [-0.1, -0.05) is 24.3 Å². The number of benzene rings is 2. The van der Waals surface area contributed by atoms with E-state index in [1.165, 1.54) is 0 Å². The second-order valence-corrected chi connectivity index (χ2v) is 6.33. The van der Waals surface area contributed by atoms with Crippen LogP contribution in [0.2, 0.25) is 0 Å². The van der Waals surface area contributed by atoms with Gasteiger partial charge in [0.15, 0.2) is 11.5 Å². The molecule has 0 radical (unpaired) electrons. The summed E-state index contributed by atoms with van der Waals surface area (Å²) in [5.74, 6) is 0.920. The normalized spacial score (nSPS) is 15.3. The van der Waals surface area contributed by atoms with Crippen LogP contribution < -0.4 is 9.47 Å². The second-order valence-electron chi connectivity index (χ2n) is 6.33. The van der Waals surface area contributed by atoms with E-state index >= 15 is 0 Å². The minimum absolute atomic E-state index is 0.181. The summed E-state index contributed by atoms with van der Waals surface area (Å²) in [5, 5.41) is 12.6. The van der Waals surface area contributed by atoms with E-state index in [1.807, 2.05) is 49.4 Å². The topological polar surface area (TPSA) is 77.4 Å². The maximum atomic E-state index is 11.6. The van der Waals surface area contributed by atoms with E-state index in [1.54, 1.807) is 6.92 Å². The molecule has 0 aliphatic carbocycles. The Balaban J connectivity index is 1.92. The van der Waals surface area contributed by atoms with Crippen molar-refractivity contribution in [1.29, 1.82) is 0 Å². The third kappa shape index (κ3) is 2.50. The smallest absolute Gasteiger partial charge is 0.231 e. The zero-order chi connectivity index (χ0) is 17.6. The first kappa shape index (κ1) is 15.5. The van der Waals surface area contributed by atoms with Crippen molar-refractivity contribution in [1.82, 2.24) is 4.98 Å². The van der Waals surface area contributed by atoms with Crippen LogP contribution in [-0.4, -0.2) is 22.7 Å². The van der Waals surface area contributed by atoms with Crippen LogP contribution in [0.15, 0.2) is 42.5 Å². The van der Waals surface area contributed by atoms with Gasteiger partial charge in [-0.05, 0) is 36.2 Å². The highest BCUT2D eigenvalue weighted by Gasteiger charge is 2.34. The van der Waals surface area contributed by atoms with Gasteiger partial charge in [-0.15, -0.1) is 0 Å². The summed E-state index contributed by atoms with van der Waals surface area (Å²) in [6, 6.07) is 12.7. The zero-order valence-corrected chi connectivity index (χ0v) is 14.0. The minimum Gasteiger partial charge on any atom is -0.454 e. The van der Waals surface area contributed by atoms with Crippen molar-refractivity contribution in [2.75, 3.05) is 6.79 Å². The molecule has 0 saturated carbocycles. The Morgan fingerprint density at radius 2 is 1.92 bits per heavy atom. The number of hydrogen-bond acceptors (Lipinski definition) is 4. The lowest BCUT2D eigenvalue weighted by Crippen LogP contribution is -2.25. The van der Waals surface area contributed by atoms with E-state index in [4.69, 9.17) is 9.47 Å². The van der Waals surface area contributed by atoms with Crippen LogP contribution >= 0.6 is 0 Å². The number of nitro groups is 1. The fourth-order valence-electron chi connectivity index (χ4n) is 3.61. The van der Waals surface area contributed by atoms with Crippen molar-refractivity contribution in [3.8, 4) is 11.5 Å². The van der Waals surface area contributed by atoms with E-state index in [9.17, 15) is 10.1 Å². The highest BCUT2D eigenvalue weighted by Crippen LogP contribution is 2.41. The molecule has 1 aliphatic rings. The Morgan fingerprint density at radius 3 is 2.72 bits per heavy atom. The van der Waals surface area contributed by atoms with Gasteiger partial charge in [-0.25, -0.2) is 0 Å². The fraction of sp³-hybridized carbons (Fsp3) is 0.263. The number of hydrogen-bond donors (Lipinski definition) is 1. The molecule has 0 fully saturated rings. The van der Waals surface area contributed by atoms with Gasteiger partial charge in [0.25, 0.3) is 0 Å². The molecule has 0 saturated heterocycles. The van der Waals surface area contributed by atoms with E-state index in [2.05, 4.69) is 4.98 Å². The Labute approximate surface area is 144 Å². The summed E-state index contributed by atoms with van der Waals surface area (Å²) in [4.78, 5) is 14.7. The summed E-state index contributed by atoms with van der Waals surface area (Å²) in [6.45, 7) is 3.79. The number of para-hydroxylation sites is 1. The Kier molecular flexibility index (Phi) is 3.60. The molecule has 0 amide bonds. The summed E-state index contributed by atoms with van der Waals surface area (Å²) < 4.78 is 10.8. The molecule has 0 spiro atoms. The number of aromatic amines is 1. The molecule has 0 bridgehead atoms. The second kappa shape index (κ2) is 5.81. The van der Waals surface area contributed by atoms with E-state index in [-0.39, 0.29) is 17.6 Å². The summed E-state index contributed by atoms with van der Waals surface area (Å²) >= 11 is 0. The number of aromatic nitrogens is 1. The maximum absolute atomic E-state index is 11.6. The Morgan fingerprint density at radius 1 is 1.16 bits per heavy atom. The highest BCUT2D eigenvalue weighted by atomic mass is 16.7. The van der Waals surface area contributed by atoms with Crippen molar-refractivity contribution < 1.29 is 14.4 Å². The highest BCUT2D eigenvalue weighted by molar-refractivity contribution is 5.85. The van der Waals surface area contributed by atoms with Crippen LogP contribution in [0.25, 0.3) is 10.9 Å². The van der Waals surface area contributed by atoms with Gasteiger partial charge < -0.3 is 14.5 Å². The SMILES string of the molecule is Cc1[nH]c2ccccc2c1[C@@H](c1ccc2c(c1)OCO2)[C@H](C)[N+](=O)[O-]. The fourth-order valence-corrected chi connectivity index (χ4v) is 3.61. The van der Waals surface area contributed by atoms with Crippen molar-refractivity contribution in [3.63, 3.8) is 0 Å². The number of aryl methyl sites for hydroxylation is 1. The molecule has 6 heteroatoms. The van der Waals surface area contributed by atoms with Gasteiger partial charge in [0.1, 0.15) is 0 Å². The lowest BCUT2D eigenvalue weighted by molar-refractivity contribution is -0.520. The molecule has 2 aromatic carbocycles. The molecule has 3 aromatic rings. The monoisotopic (exact) mass is 338 g/mol. The van der Waals surface area contributed by atoms with E-state index in [0.717, 1.165) is 27.7 Å². The van der Waals surface area contributed by atoms with Gasteiger partial charge in [0.05, 0.1) is 5.92 Å². The van der Waals surface area contributed by atoms with Gasteiger partial charge in [0.2, 0.25) is 12.8 Å². The van der Waals surface area contributed by atoms with Crippen LogP contribution in [-0.2, 0) is 0 Å². The van der Waals surface area contributed by atoms with Crippen molar-refractivity contribution in [2.24, 2.45) is 0 Å². The first-order valence-electron chi connectivity index (χ1n) is 8.16. The Bertz CT molecular complexity index is 963. The molecular formula is C19H18N2O4. The molecule has 4 rings (SSSR count). The predicted octanol–water partition coefficient (Wildman–Crippen LogP) is 4.00. The van der Waals surface area contributed by atoms with E-state index in [0.29, 0.717) is 11.5 Å². The largest absolute Gasteiger partial charge is 0.454 e. The molecule has 2 atom stereocenters. The van der Waals surface area contributed by atoms with Crippen LogP contribution in [0.1, 0.15) is 29.7 Å². The number of rotatable bonds is 4. The lowest BCUT2D eigenvalue weighted by atomic mass is 9.84. The number of fused-ring (bicyclic) bond motifs is 2. The van der Waals surface area contributed by atoms with Gasteiger partial charge >= 0.3 is 0 Å². The standard InChI is InChI=1S/C19H18N2O4/c1-11-18(14-5-3-4-6-15(14)20-11)19(12(2)21(22)23)13-7-8-16-17(9-13)25-10-24-16/h3-9,12,19-20H,10H2,1-2H3/t12-,19+/m0/s1. The molecule has 1 N–H and O–H groups in total. The van der Waals surface area contributed by atoms with Crippen LogP contribution in [0, 0.1) is 17.0 Å². The average Bonchev–Trinajstić information content (AvgIpc) is 3.19. The van der Waals surface area contributed by atoms with Crippen LogP contribution in [0.5, 0.6) is 11.5 Å². The number of ether oxygens (including phenoxy) is 2. The molecule has 1 aliphatic heterocycles. The van der Waals surface area contributed by atoms with Gasteiger partial charge in [0, 0.05) is 28.4 Å². The van der Waals surface area contributed by atoms with Gasteiger partial charge in [-0.2, -0.15) is 0 Å². The third-order valence-corrected chi connectivity index (χ3v) is 4.83. The predicted molar refractivity (Wildman–Crippen MR) is 93.9 cm³/mol. The maximum Gasteiger partial charge on any atom is 0.231 e. The summed E-state index contributed by atoms with van der Waals surface area (Å²) in [6.07, 6.45) is 0. The van der Waals surface area contributed by atoms with Crippen molar-refractivity contribution in [3.05, 3.63) is 69.4 Å². The minimum atomic E-state index is -0.779. The van der Waals surface area contributed by atoms with E-state index < -0.39 is 6.04 Å². The molecule has 25 heavy (non-hydrogen) atoms. The Hall–Kier alpha value is -3.02. The molecule has 6 nitrogen and oxygen atoms in total. The molecule has 1 aromatic heterocycles. The quantitative estimate of drug-likeness (QED) is 0.576. The molecule has 0 unspecified atom stereocenters. The first-order valence-corrected chi connectivity index (χ1v) is 8.16.